The summed E-state index contributed by atoms with van der Waals surface area (Å²) in [7, 11) is 1.72. The summed E-state index contributed by atoms with van der Waals surface area (Å²) in [5, 5.41) is 2.82. The lowest BCUT2D eigenvalue weighted by atomic mass is 10.1. The van der Waals surface area contributed by atoms with Crippen molar-refractivity contribution in [2.45, 2.75) is 51.5 Å². The predicted molar refractivity (Wildman–Crippen MR) is 99.2 cm³/mol. The Hall–Kier alpha value is -2.37. The molecule has 1 aromatic rings. The van der Waals surface area contributed by atoms with E-state index in [1.165, 1.54) is 0 Å². The normalized spacial score (nSPS) is 16.6. The van der Waals surface area contributed by atoms with Crippen molar-refractivity contribution in [2.75, 3.05) is 20.2 Å². The number of hydrogen-bond donors (Lipinski definition) is 1. The van der Waals surface area contributed by atoms with Gasteiger partial charge in [0.05, 0.1) is 12.6 Å². The van der Waals surface area contributed by atoms with Crippen molar-refractivity contribution in [1.82, 2.24) is 10.2 Å². The molecule has 6 heteroatoms. The number of likely N-dealkylation sites (N-methyl/N-ethyl adjacent to an activating group) is 1. The van der Waals surface area contributed by atoms with Crippen molar-refractivity contribution < 1.29 is 19.1 Å². The number of amides is 2. The molecule has 0 aromatic heterocycles. The number of benzene rings is 1. The van der Waals surface area contributed by atoms with Crippen molar-refractivity contribution in [2.24, 2.45) is 0 Å². The fourth-order valence-corrected chi connectivity index (χ4v) is 2.91. The highest BCUT2D eigenvalue weighted by molar-refractivity contribution is 5.98. The molecule has 0 saturated carbocycles. The van der Waals surface area contributed by atoms with Crippen LogP contribution in [-0.2, 0) is 9.59 Å². The lowest BCUT2D eigenvalue weighted by molar-refractivity contribution is -0.126. The highest BCUT2D eigenvalue weighted by atomic mass is 16.5. The minimum absolute atomic E-state index is 0.0309. The van der Waals surface area contributed by atoms with Crippen molar-refractivity contribution in [3.63, 3.8) is 0 Å². The minimum atomic E-state index is -0.192. The third-order valence-corrected chi connectivity index (χ3v) is 4.48. The van der Waals surface area contributed by atoms with Crippen LogP contribution in [0.2, 0.25) is 0 Å². The van der Waals surface area contributed by atoms with E-state index < -0.39 is 0 Å². The molecule has 0 aliphatic carbocycles. The highest BCUT2D eigenvalue weighted by Gasteiger charge is 2.27. The smallest absolute Gasteiger partial charge is 0.224 e. The van der Waals surface area contributed by atoms with Crippen molar-refractivity contribution in [1.29, 1.82) is 0 Å². The number of ether oxygens (including phenoxy) is 1. The Balaban J connectivity index is 1.71. The van der Waals surface area contributed by atoms with Crippen molar-refractivity contribution in [3.8, 4) is 5.75 Å². The molecular weight excluding hydrogens is 332 g/mol. The van der Waals surface area contributed by atoms with Gasteiger partial charge in [-0.25, -0.2) is 0 Å². The monoisotopic (exact) mass is 360 g/mol. The van der Waals surface area contributed by atoms with Crippen LogP contribution in [0.4, 0.5) is 0 Å². The first-order chi connectivity index (χ1) is 12.5. The number of nitrogens with zero attached hydrogens (tertiary/aromatic N) is 1. The topological polar surface area (TPSA) is 75.7 Å². The van der Waals surface area contributed by atoms with Gasteiger partial charge in [0.1, 0.15) is 5.75 Å². The molecule has 1 aliphatic rings. The summed E-state index contributed by atoms with van der Waals surface area (Å²) in [6.45, 7) is 3.35. The SMILES string of the molecule is CCCCCOc1ccc(C(=O)CCC(=O)NC2CC(=O)N(C)C2)cc1. The Kier molecular flexibility index (Phi) is 7.63. The molecule has 2 rings (SSSR count). The average Bonchev–Trinajstić information content (AvgIpc) is 2.94. The molecule has 1 saturated heterocycles. The number of hydrogen-bond acceptors (Lipinski definition) is 4. The number of ketones is 1. The van der Waals surface area contributed by atoms with Crippen LogP contribution in [-0.4, -0.2) is 48.7 Å². The Morgan fingerprint density at radius 2 is 1.92 bits per heavy atom. The first-order valence-electron chi connectivity index (χ1n) is 9.29. The summed E-state index contributed by atoms with van der Waals surface area (Å²) >= 11 is 0. The van der Waals surface area contributed by atoms with Gasteiger partial charge in [0.2, 0.25) is 11.8 Å². The number of rotatable bonds is 10. The molecule has 6 nitrogen and oxygen atoms in total. The lowest BCUT2D eigenvalue weighted by Crippen LogP contribution is -2.36. The average molecular weight is 360 g/mol. The molecular formula is C20H28N2O4. The molecule has 0 bridgehead atoms. The number of carbonyl (C=O) groups excluding carboxylic acids is 3. The van der Waals surface area contributed by atoms with Crippen molar-refractivity contribution >= 4 is 17.6 Å². The maximum atomic E-state index is 12.2. The fraction of sp³-hybridized carbons (Fsp3) is 0.550. The molecule has 1 fully saturated rings. The Morgan fingerprint density at radius 1 is 1.19 bits per heavy atom. The number of unbranched alkanes of at least 4 members (excludes halogenated alkanes) is 2. The van der Waals surface area contributed by atoms with Gasteiger partial charge < -0.3 is 15.0 Å². The number of nitrogens with one attached hydrogen (secondary N) is 1. The van der Waals surface area contributed by atoms with E-state index in [4.69, 9.17) is 4.74 Å². The van der Waals surface area contributed by atoms with E-state index in [9.17, 15) is 14.4 Å². The number of likely N-dealkylation sites (tertiary alicyclic amines) is 1. The van der Waals surface area contributed by atoms with Gasteiger partial charge in [-0.1, -0.05) is 19.8 Å². The van der Waals surface area contributed by atoms with E-state index in [1.807, 2.05) is 0 Å². The van der Waals surface area contributed by atoms with Crippen LogP contribution in [0.25, 0.3) is 0 Å². The zero-order valence-electron chi connectivity index (χ0n) is 15.6. The van der Waals surface area contributed by atoms with Gasteiger partial charge in [-0.15, -0.1) is 0 Å². The van der Waals surface area contributed by atoms with Gasteiger partial charge in [0, 0.05) is 38.4 Å². The summed E-state index contributed by atoms with van der Waals surface area (Å²) < 4.78 is 5.63. The lowest BCUT2D eigenvalue weighted by Gasteiger charge is -2.12. The molecule has 1 N–H and O–H groups in total. The Bertz CT molecular complexity index is 627. The van der Waals surface area contributed by atoms with Gasteiger partial charge in [-0.2, -0.15) is 0 Å². The maximum Gasteiger partial charge on any atom is 0.224 e. The molecule has 1 unspecified atom stereocenters. The maximum absolute atomic E-state index is 12.2. The molecule has 1 atom stereocenters. The third kappa shape index (κ3) is 6.17. The minimum Gasteiger partial charge on any atom is -0.494 e. The van der Waals surface area contributed by atoms with Crippen LogP contribution in [0.5, 0.6) is 5.75 Å². The number of carbonyl (C=O) groups is 3. The first kappa shape index (κ1) is 19.9. The first-order valence-corrected chi connectivity index (χ1v) is 9.29. The van der Waals surface area contributed by atoms with Crippen LogP contribution < -0.4 is 10.1 Å². The molecule has 2 amide bonds. The van der Waals surface area contributed by atoms with E-state index in [0.717, 1.165) is 25.0 Å². The van der Waals surface area contributed by atoms with Crippen LogP contribution in [0.15, 0.2) is 24.3 Å². The van der Waals surface area contributed by atoms with E-state index in [2.05, 4.69) is 12.2 Å². The summed E-state index contributed by atoms with van der Waals surface area (Å²) in [5.41, 5.74) is 0.578. The predicted octanol–water partition coefficient (Wildman–Crippen LogP) is 2.57. The molecule has 1 aromatic carbocycles. The second-order valence-electron chi connectivity index (χ2n) is 6.75. The Morgan fingerprint density at radius 3 is 2.54 bits per heavy atom. The van der Waals surface area contributed by atoms with E-state index in [-0.39, 0.29) is 36.5 Å². The van der Waals surface area contributed by atoms with E-state index in [1.54, 1.807) is 36.2 Å². The van der Waals surface area contributed by atoms with Crippen LogP contribution >= 0.6 is 0 Å². The molecule has 0 spiro atoms. The second-order valence-corrected chi connectivity index (χ2v) is 6.75. The van der Waals surface area contributed by atoms with Gasteiger partial charge >= 0.3 is 0 Å². The standard InChI is InChI=1S/C20H28N2O4/c1-3-4-5-12-26-17-8-6-15(7-9-17)18(23)10-11-19(24)21-16-13-20(25)22(2)14-16/h6-9,16H,3-5,10-14H2,1-2H3,(H,21,24). The van der Waals surface area contributed by atoms with Gasteiger partial charge in [0.25, 0.3) is 0 Å². The molecule has 26 heavy (non-hydrogen) atoms. The van der Waals surface area contributed by atoms with E-state index in [0.29, 0.717) is 25.1 Å². The summed E-state index contributed by atoms with van der Waals surface area (Å²) in [6.07, 6.45) is 3.92. The van der Waals surface area contributed by atoms with Crippen LogP contribution in [0, 0.1) is 0 Å². The Labute approximate surface area is 154 Å². The van der Waals surface area contributed by atoms with Gasteiger partial charge in [-0.05, 0) is 30.7 Å². The van der Waals surface area contributed by atoms with Crippen LogP contribution in [0.3, 0.4) is 0 Å². The molecule has 1 aliphatic heterocycles. The second kappa shape index (κ2) is 9.94. The van der Waals surface area contributed by atoms with E-state index >= 15 is 0 Å². The summed E-state index contributed by atoms with van der Waals surface area (Å²) in [4.78, 5) is 37.2. The van der Waals surface area contributed by atoms with Gasteiger partial charge in [0.15, 0.2) is 5.78 Å². The third-order valence-electron chi connectivity index (χ3n) is 4.48. The van der Waals surface area contributed by atoms with Crippen molar-refractivity contribution in [3.05, 3.63) is 29.8 Å². The molecule has 142 valence electrons. The molecule has 1 heterocycles. The summed E-state index contributed by atoms with van der Waals surface area (Å²) in [6, 6.07) is 6.90. The summed E-state index contributed by atoms with van der Waals surface area (Å²) in [5.74, 6) is 0.522. The molecule has 0 radical (unpaired) electrons. The van der Waals surface area contributed by atoms with Gasteiger partial charge in [-0.3, -0.25) is 14.4 Å². The number of Topliss-reactive ketones (excluding diaryl/α,β-unsaturated/α-hetero) is 1. The highest BCUT2D eigenvalue weighted by Crippen LogP contribution is 2.15. The fourth-order valence-electron chi connectivity index (χ4n) is 2.91. The zero-order valence-corrected chi connectivity index (χ0v) is 15.6. The van der Waals surface area contributed by atoms with Crippen LogP contribution in [0.1, 0.15) is 55.8 Å². The quantitative estimate of drug-likeness (QED) is 0.514. The zero-order chi connectivity index (χ0) is 18.9. The largest absolute Gasteiger partial charge is 0.494 e.